The van der Waals surface area contributed by atoms with Crippen LogP contribution in [0.15, 0.2) is 12.1 Å². The zero-order chi connectivity index (χ0) is 7.72. The normalized spacial score (nSPS) is 10.0. The van der Waals surface area contributed by atoms with Crippen LogP contribution in [-0.2, 0) is 0 Å². The zero-order valence-corrected chi connectivity index (χ0v) is 7.65. The quantitative estimate of drug-likeness (QED) is 0.487. The zero-order valence-electron chi connectivity index (χ0n) is 6.65. The van der Waals surface area contributed by atoms with Crippen molar-refractivity contribution in [3.05, 3.63) is 28.8 Å². The molecular weight excluding hydrogens is 136 g/mol. The molecule has 0 aliphatic rings. The number of rotatable bonds is 0. The smallest absolute Gasteiger partial charge is 0.0642 e. The predicted molar refractivity (Wildman–Crippen MR) is 46.0 cm³/mol. The van der Waals surface area contributed by atoms with Crippen LogP contribution < -0.4 is 5.19 Å². The molecular formula is C9H11Si. The lowest BCUT2D eigenvalue weighted by Gasteiger charge is -2.04. The van der Waals surface area contributed by atoms with E-state index in [-0.39, 0.29) is 0 Å². The van der Waals surface area contributed by atoms with Crippen molar-refractivity contribution >= 4 is 15.4 Å². The van der Waals surface area contributed by atoms with E-state index in [1.165, 1.54) is 21.9 Å². The molecule has 0 aliphatic carbocycles. The van der Waals surface area contributed by atoms with Crippen molar-refractivity contribution in [2.45, 2.75) is 20.8 Å². The van der Waals surface area contributed by atoms with Crippen LogP contribution in [0.25, 0.3) is 0 Å². The molecule has 0 nitrogen and oxygen atoms in total. The van der Waals surface area contributed by atoms with Crippen LogP contribution in [0.2, 0.25) is 0 Å². The average Bonchev–Trinajstić information content (AvgIpc) is 1.84. The fraction of sp³-hybridized carbons (Fsp3) is 0.333. The van der Waals surface area contributed by atoms with Gasteiger partial charge in [0.05, 0.1) is 10.2 Å². The molecule has 0 amide bonds. The van der Waals surface area contributed by atoms with Crippen molar-refractivity contribution in [2.24, 2.45) is 0 Å². The SMILES string of the molecule is Cc1cc(C)c([Si])cc1C. The summed E-state index contributed by atoms with van der Waals surface area (Å²) in [6, 6.07) is 4.35. The van der Waals surface area contributed by atoms with Crippen LogP contribution in [0.4, 0.5) is 0 Å². The van der Waals surface area contributed by atoms with Gasteiger partial charge >= 0.3 is 0 Å². The van der Waals surface area contributed by atoms with Gasteiger partial charge in [0, 0.05) is 0 Å². The number of benzene rings is 1. The van der Waals surface area contributed by atoms with Crippen LogP contribution in [0, 0.1) is 20.8 Å². The largest absolute Gasteiger partial charge is 0.0715 e. The predicted octanol–water partition coefficient (Wildman–Crippen LogP) is 1.41. The summed E-state index contributed by atoms with van der Waals surface area (Å²) in [6.07, 6.45) is 0. The van der Waals surface area contributed by atoms with Gasteiger partial charge in [0.1, 0.15) is 0 Å². The summed E-state index contributed by atoms with van der Waals surface area (Å²) < 4.78 is 0. The molecule has 10 heavy (non-hydrogen) atoms. The Labute approximate surface area is 65.7 Å². The van der Waals surface area contributed by atoms with Crippen LogP contribution in [-0.4, -0.2) is 10.2 Å². The molecule has 51 valence electrons. The minimum Gasteiger partial charge on any atom is -0.0642 e. The fourth-order valence-corrected chi connectivity index (χ4v) is 1.25. The first-order chi connectivity index (χ1) is 4.61. The van der Waals surface area contributed by atoms with Gasteiger partial charge in [0.15, 0.2) is 0 Å². The van der Waals surface area contributed by atoms with Gasteiger partial charge in [-0.2, -0.15) is 0 Å². The highest BCUT2D eigenvalue weighted by atomic mass is 28.1. The molecule has 0 heterocycles. The van der Waals surface area contributed by atoms with Crippen molar-refractivity contribution < 1.29 is 0 Å². The second-order valence-electron chi connectivity index (χ2n) is 2.75. The summed E-state index contributed by atoms with van der Waals surface area (Å²) >= 11 is 0. The molecule has 0 spiro atoms. The molecule has 0 N–H and O–H groups in total. The molecule has 0 fully saturated rings. The molecule has 0 saturated heterocycles. The summed E-state index contributed by atoms with van der Waals surface area (Å²) in [5.41, 5.74) is 4.01. The molecule has 3 radical (unpaired) electrons. The van der Waals surface area contributed by atoms with Gasteiger partial charge in [-0.05, 0) is 31.9 Å². The van der Waals surface area contributed by atoms with Gasteiger partial charge in [-0.25, -0.2) is 0 Å². The highest BCUT2D eigenvalue weighted by molar-refractivity contribution is 6.33. The summed E-state index contributed by atoms with van der Waals surface area (Å²) in [6.45, 7) is 6.36. The lowest BCUT2D eigenvalue weighted by Crippen LogP contribution is -2.07. The van der Waals surface area contributed by atoms with Gasteiger partial charge in [-0.15, -0.1) is 0 Å². The maximum atomic E-state index is 3.53. The van der Waals surface area contributed by atoms with Gasteiger partial charge in [0.2, 0.25) is 0 Å². The molecule has 0 atom stereocenters. The van der Waals surface area contributed by atoms with Crippen LogP contribution in [0.1, 0.15) is 16.7 Å². The fourth-order valence-electron chi connectivity index (χ4n) is 0.961. The second kappa shape index (κ2) is 2.58. The first-order valence-electron chi connectivity index (χ1n) is 3.40. The van der Waals surface area contributed by atoms with Crippen molar-refractivity contribution in [1.82, 2.24) is 0 Å². The van der Waals surface area contributed by atoms with Gasteiger partial charge in [0.25, 0.3) is 0 Å². The van der Waals surface area contributed by atoms with Gasteiger partial charge in [-0.1, -0.05) is 22.9 Å². The first kappa shape index (κ1) is 7.54. The molecule has 0 unspecified atom stereocenters. The lowest BCUT2D eigenvalue weighted by atomic mass is 10.1. The average molecular weight is 147 g/mol. The molecule has 1 aromatic carbocycles. The third kappa shape index (κ3) is 1.29. The minimum absolute atomic E-state index is 1.20. The van der Waals surface area contributed by atoms with Gasteiger partial charge in [-0.3, -0.25) is 0 Å². The Bertz CT molecular complexity index is 201. The van der Waals surface area contributed by atoms with E-state index in [4.69, 9.17) is 0 Å². The van der Waals surface area contributed by atoms with E-state index in [1.807, 2.05) is 0 Å². The molecule has 1 rings (SSSR count). The lowest BCUT2D eigenvalue weighted by molar-refractivity contribution is 1.32. The van der Waals surface area contributed by atoms with Crippen molar-refractivity contribution in [3.63, 3.8) is 0 Å². The third-order valence-electron chi connectivity index (χ3n) is 1.84. The van der Waals surface area contributed by atoms with E-state index in [1.54, 1.807) is 0 Å². The molecule has 0 saturated carbocycles. The van der Waals surface area contributed by atoms with E-state index in [0.29, 0.717) is 0 Å². The van der Waals surface area contributed by atoms with Gasteiger partial charge < -0.3 is 0 Å². The molecule has 0 bridgehead atoms. The number of hydrogen-bond donors (Lipinski definition) is 0. The Balaban J connectivity index is 3.28. The Morgan fingerprint density at radius 1 is 0.900 bits per heavy atom. The summed E-state index contributed by atoms with van der Waals surface area (Å²) in [5.74, 6) is 0. The highest BCUT2D eigenvalue weighted by Gasteiger charge is 1.95. The van der Waals surface area contributed by atoms with E-state index < -0.39 is 0 Å². The third-order valence-corrected chi connectivity index (χ3v) is 2.38. The number of hydrogen-bond acceptors (Lipinski definition) is 0. The Morgan fingerprint density at radius 2 is 1.40 bits per heavy atom. The number of aryl methyl sites for hydroxylation is 3. The van der Waals surface area contributed by atoms with Crippen LogP contribution in [0.3, 0.4) is 0 Å². The summed E-state index contributed by atoms with van der Waals surface area (Å²) in [5, 5.41) is 1.20. The van der Waals surface area contributed by atoms with Crippen molar-refractivity contribution in [3.8, 4) is 0 Å². The van der Waals surface area contributed by atoms with E-state index in [0.717, 1.165) is 0 Å². The standard InChI is InChI=1S/C9H11Si/c1-6-4-8(3)9(10)5-7(6)2/h4-5H,1-3H3. The molecule has 1 heteroatoms. The van der Waals surface area contributed by atoms with E-state index in [2.05, 4.69) is 43.1 Å². The van der Waals surface area contributed by atoms with E-state index >= 15 is 0 Å². The van der Waals surface area contributed by atoms with Crippen molar-refractivity contribution in [2.75, 3.05) is 0 Å². The van der Waals surface area contributed by atoms with Crippen LogP contribution >= 0.6 is 0 Å². The highest BCUT2D eigenvalue weighted by Crippen LogP contribution is 2.05. The maximum Gasteiger partial charge on any atom is 0.0715 e. The Morgan fingerprint density at radius 3 is 1.90 bits per heavy atom. The second-order valence-corrected chi connectivity index (χ2v) is 3.29. The molecule has 0 aromatic heterocycles. The monoisotopic (exact) mass is 147 g/mol. The van der Waals surface area contributed by atoms with E-state index in [9.17, 15) is 0 Å². The minimum atomic E-state index is 1.20. The first-order valence-corrected chi connectivity index (χ1v) is 3.90. The molecule has 0 aliphatic heterocycles. The molecule has 1 aromatic rings. The Hall–Kier alpha value is -0.563. The topological polar surface area (TPSA) is 0 Å². The summed E-state index contributed by atoms with van der Waals surface area (Å²) in [4.78, 5) is 0. The van der Waals surface area contributed by atoms with Crippen LogP contribution in [0.5, 0.6) is 0 Å². The maximum absolute atomic E-state index is 3.53. The summed E-state index contributed by atoms with van der Waals surface area (Å²) in [7, 11) is 3.53. The Kier molecular flexibility index (Phi) is 1.95. The van der Waals surface area contributed by atoms with Crippen molar-refractivity contribution in [1.29, 1.82) is 0 Å².